The van der Waals surface area contributed by atoms with Crippen molar-refractivity contribution in [1.29, 1.82) is 0 Å². The second-order valence-corrected chi connectivity index (χ2v) is 4.45. The molecule has 19 heavy (non-hydrogen) atoms. The molecule has 0 amide bonds. The molecule has 0 unspecified atom stereocenters. The molecule has 0 aromatic heterocycles. The highest BCUT2D eigenvalue weighted by Gasteiger charge is 2.20. The molecule has 0 fully saturated rings. The number of hydrogen-bond acceptors (Lipinski definition) is 5. The lowest BCUT2D eigenvalue weighted by Gasteiger charge is -2.26. The summed E-state index contributed by atoms with van der Waals surface area (Å²) in [5.74, 6) is -0.480. The summed E-state index contributed by atoms with van der Waals surface area (Å²) in [6.45, 7) is 3.29. The third-order valence-electron chi connectivity index (χ3n) is 2.78. The summed E-state index contributed by atoms with van der Waals surface area (Å²) in [5.41, 5.74) is 7.06. The average Bonchev–Trinajstić information content (AvgIpc) is 2.39. The van der Waals surface area contributed by atoms with Gasteiger partial charge in [-0.25, -0.2) is 4.79 Å². The Hall–Kier alpha value is -1.46. The molecule has 0 bridgehead atoms. The molecule has 5 nitrogen and oxygen atoms in total. The van der Waals surface area contributed by atoms with Crippen molar-refractivity contribution in [2.45, 2.75) is 13.3 Å². The predicted octanol–water partition coefficient (Wildman–Crippen LogP) is 1.92. The van der Waals surface area contributed by atoms with Gasteiger partial charge in [0.15, 0.2) is 0 Å². The number of nitrogens with zero attached hydrogens (tertiary/aromatic N) is 1. The molecule has 1 aromatic rings. The summed E-state index contributed by atoms with van der Waals surface area (Å²) >= 11 is 6.20. The van der Waals surface area contributed by atoms with E-state index in [4.69, 9.17) is 27.2 Å². The van der Waals surface area contributed by atoms with Crippen molar-refractivity contribution in [3.8, 4) is 0 Å². The van der Waals surface area contributed by atoms with Crippen LogP contribution in [-0.2, 0) is 4.74 Å². The van der Waals surface area contributed by atoms with Crippen molar-refractivity contribution in [3.63, 3.8) is 0 Å². The van der Waals surface area contributed by atoms with E-state index < -0.39 is 5.97 Å². The van der Waals surface area contributed by atoms with Crippen molar-refractivity contribution in [2.24, 2.45) is 0 Å². The zero-order valence-electron chi connectivity index (χ0n) is 11.1. The van der Waals surface area contributed by atoms with Crippen molar-refractivity contribution < 1.29 is 14.6 Å². The zero-order chi connectivity index (χ0) is 14.4. The number of carbonyl (C=O) groups is 1. The third-order valence-corrected chi connectivity index (χ3v) is 3.06. The third kappa shape index (κ3) is 3.75. The number of methoxy groups -OCH3 is 1. The van der Waals surface area contributed by atoms with Crippen molar-refractivity contribution >= 4 is 28.9 Å². The normalized spacial score (nSPS) is 10.3. The summed E-state index contributed by atoms with van der Waals surface area (Å²) < 4.78 is 4.76. The number of nitrogens with two attached hydrogens (primary N) is 1. The van der Waals surface area contributed by atoms with E-state index in [1.54, 1.807) is 12.1 Å². The van der Waals surface area contributed by atoms with Gasteiger partial charge in [0, 0.05) is 25.4 Å². The van der Waals surface area contributed by atoms with Crippen LogP contribution in [0.2, 0.25) is 5.02 Å². The molecule has 0 spiro atoms. The van der Waals surface area contributed by atoms with Crippen LogP contribution in [0.5, 0.6) is 0 Å². The van der Waals surface area contributed by atoms with E-state index in [9.17, 15) is 4.79 Å². The summed E-state index contributed by atoms with van der Waals surface area (Å²) in [7, 11) is 1.31. The Bertz CT molecular complexity index is 452. The van der Waals surface area contributed by atoms with Gasteiger partial charge in [0.2, 0.25) is 0 Å². The second-order valence-electron chi connectivity index (χ2n) is 4.05. The molecule has 0 aliphatic carbocycles. The van der Waals surface area contributed by atoms with E-state index in [0.717, 1.165) is 0 Å². The van der Waals surface area contributed by atoms with Gasteiger partial charge >= 0.3 is 5.97 Å². The fraction of sp³-hybridized carbons (Fsp3) is 0.462. The van der Waals surface area contributed by atoms with Crippen LogP contribution < -0.4 is 10.6 Å². The minimum atomic E-state index is -0.480. The molecule has 0 aliphatic heterocycles. The molecule has 0 saturated heterocycles. The largest absolute Gasteiger partial charge is 0.465 e. The Morgan fingerprint density at radius 3 is 2.74 bits per heavy atom. The topological polar surface area (TPSA) is 75.8 Å². The van der Waals surface area contributed by atoms with Gasteiger partial charge in [-0.05, 0) is 25.5 Å². The van der Waals surface area contributed by atoms with Gasteiger partial charge in [-0.1, -0.05) is 11.6 Å². The monoisotopic (exact) mass is 286 g/mol. The SMILES string of the molecule is CCN(CCCO)c1c(Cl)cc(N)cc1C(=O)OC. The molecule has 0 radical (unpaired) electrons. The molecule has 0 saturated carbocycles. The van der Waals surface area contributed by atoms with Crippen LogP contribution in [0.3, 0.4) is 0 Å². The van der Waals surface area contributed by atoms with E-state index in [1.807, 2.05) is 11.8 Å². The van der Waals surface area contributed by atoms with Crippen LogP contribution in [0.4, 0.5) is 11.4 Å². The number of aliphatic hydroxyl groups is 1. The van der Waals surface area contributed by atoms with E-state index in [-0.39, 0.29) is 6.61 Å². The van der Waals surface area contributed by atoms with Gasteiger partial charge in [0.25, 0.3) is 0 Å². The van der Waals surface area contributed by atoms with Crippen LogP contribution in [0, 0.1) is 0 Å². The van der Waals surface area contributed by atoms with Crippen LogP contribution in [0.25, 0.3) is 0 Å². The molecular weight excluding hydrogens is 268 g/mol. The maximum absolute atomic E-state index is 11.8. The molecule has 106 valence electrons. The molecule has 3 N–H and O–H groups in total. The number of hydrogen-bond donors (Lipinski definition) is 2. The van der Waals surface area contributed by atoms with Crippen molar-refractivity contribution in [3.05, 3.63) is 22.7 Å². The number of carbonyl (C=O) groups excluding carboxylic acids is 1. The minimum Gasteiger partial charge on any atom is -0.465 e. The first-order chi connectivity index (χ1) is 9.04. The molecule has 1 aromatic carbocycles. The second kappa shape index (κ2) is 7.21. The summed E-state index contributed by atoms with van der Waals surface area (Å²) in [4.78, 5) is 13.7. The molecule has 6 heteroatoms. The number of esters is 1. The average molecular weight is 287 g/mol. The number of nitrogen functional groups attached to an aromatic ring is 1. The molecule has 0 atom stereocenters. The Morgan fingerprint density at radius 2 is 2.21 bits per heavy atom. The van der Waals surface area contributed by atoms with Gasteiger partial charge in [-0.15, -0.1) is 0 Å². The predicted molar refractivity (Wildman–Crippen MR) is 76.8 cm³/mol. The molecule has 1 rings (SSSR count). The summed E-state index contributed by atoms with van der Waals surface area (Å²) in [6, 6.07) is 3.15. The minimum absolute atomic E-state index is 0.0800. The Labute approximate surface area is 117 Å². The van der Waals surface area contributed by atoms with Crippen LogP contribution >= 0.6 is 11.6 Å². The van der Waals surface area contributed by atoms with E-state index >= 15 is 0 Å². The number of aliphatic hydroxyl groups excluding tert-OH is 1. The molecule has 0 aliphatic rings. The lowest BCUT2D eigenvalue weighted by molar-refractivity contribution is 0.0601. The number of benzene rings is 1. The van der Waals surface area contributed by atoms with Crippen LogP contribution in [0.15, 0.2) is 12.1 Å². The quantitative estimate of drug-likeness (QED) is 0.617. The maximum Gasteiger partial charge on any atom is 0.340 e. The highest BCUT2D eigenvalue weighted by molar-refractivity contribution is 6.34. The number of rotatable bonds is 6. The Balaban J connectivity index is 3.25. The van der Waals surface area contributed by atoms with E-state index in [1.165, 1.54) is 7.11 Å². The lowest BCUT2D eigenvalue weighted by atomic mass is 10.1. The summed E-state index contributed by atoms with van der Waals surface area (Å²) in [5, 5.41) is 9.33. The first kappa shape index (κ1) is 15.6. The van der Waals surface area contributed by atoms with Crippen LogP contribution in [-0.4, -0.2) is 37.9 Å². The van der Waals surface area contributed by atoms with Crippen LogP contribution in [0.1, 0.15) is 23.7 Å². The molecular formula is C13H19ClN2O3. The fourth-order valence-corrected chi connectivity index (χ4v) is 2.24. The van der Waals surface area contributed by atoms with Gasteiger partial charge in [-0.3, -0.25) is 0 Å². The highest BCUT2D eigenvalue weighted by atomic mass is 35.5. The zero-order valence-corrected chi connectivity index (χ0v) is 11.9. The number of anilines is 2. The van der Waals surface area contributed by atoms with E-state index in [2.05, 4.69) is 0 Å². The Morgan fingerprint density at radius 1 is 1.53 bits per heavy atom. The fourth-order valence-electron chi connectivity index (χ4n) is 1.90. The van der Waals surface area contributed by atoms with Gasteiger partial charge in [-0.2, -0.15) is 0 Å². The van der Waals surface area contributed by atoms with Gasteiger partial charge in [0.05, 0.1) is 23.4 Å². The highest BCUT2D eigenvalue weighted by Crippen LogP contribution is 2.33. The standard InChI is InChI=1S/C13H19ClN2O3/c1-3-16(5-4-6-17)12-10(13(18)19-2)7-9(15)8-11(12)14/h7-8,17H,3-6,15H2,1-2H3. The lowest BCUT2D eigenvalue weighted by Crippen LogP contribution is -2.27. The maximum atomic E-state index is 11.8. The first-order valence-electron chi connectivity index (χ1n) is 6.08. The van der Waals surface area contributed by atoms with E-state index in [0.29, 0.717) is 41.5 Å². The first-order valence-corrected chi connectivity index (χ1v) is 6.46. The van der Waals surface area contributed by atoms with Gasteiger partial charge in [0.1, 0.15) is 0 Å². The smallest absolute Gasteiger partial charge is 0.340 e. The number of halogens is 1. The number of ether oxygens (including phenoxy) is 1. The molecule has 0 heterocycles. The van der Waals surface area contributed by atoms with Crippen molar-refractivity contribution in [1.82, 2.24) is 0 Å². The van der Waals surface area contributed by atoms with Crippen molar-refractivity contribution in [2.75, 3.05) is 37.4 Å². The Kier molecular flexibility index (Phi) is 5.92. The van der Waals surface area contributed by atoms with Gasteiger partial charge < -0.3 is 20.5 Å². The summed E-state index contributed by atoms with van der Waals surface area (Å²) in [6.07, 6.45) is 0.592.